The first kappa shape index (κ1) is 92.6. The second-order valence-corrected chi connectivity index (χ2v) is 34.5. The van der Waals surface area contributed by atoms with Crippen LogP contribution in [0.15, 0.2) is 146 Å². The predicted molar refractivity (Wildman–Crippen MR) is 497 cm³/mol. The molecule has 8 aromatic rings. The maximum absolute atomic E-state index is 6.50. The normalized spacial score (nSPS) is 12.2. The lowest BCUT2D eigenvalue weighted by molar-refractivity contribution is 0.304. The Labute approximate surface area is 705 Å². The van der Waals surface area contributed by atoms with Crippen molar-refractivity contribution >= 4 is 22.3 Å². The van der Waals surface area contributed by atoms with Crippen LogP contribution in [0.4, 0.5) is 0 Å². The molecule has 0 fully saturated rings. The fourth-order valence-corrected chi connectivity index (χ4v) is 17.4. The Hall–Kier alpha value is -7.32. The van der Waals surface area contributed by atoms with Gasteiger partial charge < -0.3 is 38.9 Å². The molecule has 0 saturated heterocycles. The van der Waals surface area contributed by atoms with Gasteiger partial charge >= 0.3 is 0 Å². The Kier molecular flexibility index (Phi) is 46.7. The van der Waals surface area contributed by atoms with E-state index in [-0.39, 0.29) is 0 Å². The van der Waals surface area contributed by atoms with Gasteiger partial charge in [-0.2, -0.15) is 0 Å². The maximum atomic E-state index is 6.50. The highest BCUT2D eigenvalue weighted by Gasteiger charge is 2.20. The summed E-state index contributed by atoms with van der Waals surface area (Å²) in [5.74, 6) is 3.62. The third-order valence-electron chi connectivity index (χ3n) is 24.5. The molecule has 8 nitrogen and oxygen atoms in total. The molecule has 4 aromatic heterocycles. The van der Waals surface area contributed by atoms with Crippen LogP contribution < -0.4 is 40.3 Å². The van der Waals surface area contributed by atoms with Crippen LogP contribution in [-0.2, 0) is 0 Å². The van der Waals surface area contributed by atoms with Gasteiger partial charge in [-0.25, -0.2) is 0 Å². The van der Waals surface area contributed by atoms with Gasteiger partial charge in [0.25, 0.3) is 0 Å². The molecule has 4 aromatic carbocycles. The van der Waals surface area contributed by atoms with Gasteiger partial charge in [0.15, 0.2) is 0 Å². The standard InChI is InChI=1S/C108H160N4O4/c1-5-9-13-17-21-25-29-33-37-41-45-49-53-57-85-113-93-69-61-89(62-70-93)105-97-77-79-99(109-97)106(90-63-71-94(72-64-90)114-86-58-54-50-46-42-38-34-30-26-22-18-14-10-6-2)101-81-83-103(111-101)108(92-67-75-96(76-68-92)116-88-60-56-52-48-44-40-36-32-28-24-20-16-12-8-4)104-84-82-102(112-104)107(100-80-78-98(105)110-100)91-65-73-95(74-66-91)115-87-59-55-51-47-43-39-35-31-27-23-19-15-11-7-3/h61-84,109-112H,5-60,85-88H2,1-4H3. The van der Waals surface area contributed by atoms with E-state index in [1.165, 1.54) is 334 Å². The summed E-state index contributed by atoms with van der Waals surface area (Å²) >= 11 is 0. The molecule has 5 heterocycles. The van der Waals surface area contributed by atoms with Crippen molar-refractivity contribution in [3.63, 3.8) is 0 Å². The third-order valence-corrected chi connectivity index (χ3v) is 24.5. The topological polar surface area (TPSA) is 100 Å². The zero-order chi connectivity index (χ0) is 80.6. The first-order chi connectivity index (χ1) is 57.5. The van der Waals surface area contributed by atoms with E-state index >= 15 is 0 Å². The molecule has 0 amide bonds. The van der Waals surface area contributed by atoms with E-state index in [4.69, 9.17) is 18.9 Å². The van der Waals surface area contributed by atoms with Gasteiger partial charge in [-0.1, -0.05) is 410 Å². The van der Waals surface area contributed by atoms with Gasteiger partial charge in [-0.15, -0.1) is 0 Å². The molecule has 0 spiro atoms. The number of aromatic nitrogens is 4. The van der Waals surface area contributed by atoms with Gasteiger partial charge in [0.1, 0.15) is 23.0 Å². The Balaban J connectivity index is 0.953. The highest BCUT2D eigenvalue weighted by Crippen LogP contribution is 2.32. The summed E-state index contributed by atoms with van der Waals surface area (Å²) in [5, 5.41) is 4.04. The summed E-state index contributed by atoms with van der Waals surface area (Å²) in [5.41, 5.74) is 12.7. The molecule has 116 heavy (non-hydrogen) atoms. The molecule has 1 aliphatic heterocycles. The van der Waals surface area contributed by atoms with Crippen LogP contribution in [0.5, 0.6) is 23.0 Å². The second kappa shape index (κ2) is 58.5. The maximum Gasteiger partial charge on any atom is 0.119 e. The van der Waals surface area contributed by atoms with E-state index in [2.05, 4.69) is 193 Å². The first-order valence-electron chi connectivity index (χ1n) is 48.7. The van der Waals surface area contributed by atoms with Crippen molar-refractivity contribution in [2.75, 3.05) is 26.4 Å². The van der Waals surface area contributed by atoms with Gasteiger partial charge in [-0.3, -0.25) is 0 Å². The van der Waals surface area contributed by atoms with Gasteiger partial charge in [-0.05, 0) is 145 Å². The fraction of sp³-hybridized carbons (Fsp3) is 0.593. The number of hydrogen-bond acceptors (Lipinski definition) is 4. The van der Waals surface area contributed by atoms with Crippen molar-refractivity contribution < 1.29 is 18.9 Å². The fourth-order valence-electron chi connectivity index (χ4n) is 17.4. The second-order valence-electron chi connectivity index (χ2n) is 34.5. The van der Waals surface area contributed by atoms with Crippen molar-refractivity contribution in [2.45, 2.75) is 387 Å². The quantitative estimate of drug-likeness (QED) is 0.0285. The number of nitrogens with one attached hydrogen (secondary N) is 4. The van der Waals surface area contributed by atoms with Crippen LogP contribution in [0.1, 0.15) is 432 Å². The monoisotopic (exact) mass is 1580 g/mol. The average Bonchev–Trinajstić information content (AvgIpc) is 1.61. The van der Waals surface area contributed by atoms with Crippen LogP contribution in [0, 0.1) is 0 Å². The van der Waals surface area contributed by atoms with Crippen molar-refractivity contribution in [3.8, 4) is 23.0 Å². The highest BCUT2D eigenvalue weighted by molar-refractivity contribution is 5.85. The van der Waals surface area contributed by atoms with Gasteiger partial charge in [0.2, 0.25) is 0 Å². The molecule has 0 radical (unpaired) electrons. The predicted octanol–water partition coefficient (Wildman–Crippen LogP) is 29.7. The molecule has 8 heteroatoms. The third kappa shape index (κ3) is 34.9. The lowest BCUT2D eigenvalue weighted by Gasteiger charge is -2.12. The lowest BCUT2D eigenvalue weighted by Crippen LogP contribution is -2.19. The highest BCUT2D eigenvalue weighted by atomic mass is 16.5. The summed E-state index contributed by atoms with van der Waals surface area (Å²) in [6.45, 7) is 12.1. The summed E-state index contributed by atoms with van der Waals surface area (Å²) in [6, 6.07) is 53.4. The Morgan fingerprint density at radius 2 is 0.302 bits per heavy atom. The Bertz CT molecular complexity index is 3530. The van der Waals surface area contributed by atoms with E-state index in [0.29, 0.717) is 0 Å². The van der Waals surface area contributed by atoms with Crippen LogP contribution >= 0.6 is 0 Å². The van der Waals surface area contributed by atoms with Crippen molar-refractivity contribution in [3.05, 3.63) is 212 Å². The number of ether oxygens (including phenoxy) is 4. The zero-order valence-electron chi connectivity index (χ0n) is 73.9. The van der Waals surface area contributed by atoms with E-state index < -0.39 is 0 Å². The Morgan fingerprint density at radius 3 is 0.457 bits per heavy atom. The van der Waals surface area contributed by atoms with Crippen molar-refractivity contribution in [2.24, 2.45) is 0 Å². The molecular weight excluding hydrogens is 1420 g/mol. The average molecular weight is 1580 g/mol. The summed E-state index contributed by atoms with van der Waals surface area (Å²) in [4.78, 5) is 16.2. The molecule has 8 bridgehead atoms. The van der Waals surface area contributed by atoms with Crippen LogP contribution in [0.2, 0.25) is 0 Å². The molecule has 0 unspecified atom stereocenters. The summed E-state index contributed by atoms with van der Waals surface area (Å²) in [7, 11) is 0. The van der Waals surface area contributed by atoms with Gasteiger partial charge in [0, 0.05) is 66.5 Å². The molecular formula is C108H160N4O4. The van der Waals surface area contributed by atoms with Crippen LogP contribution in [-0.4, -0.2) is 46.4 Å². The molecule has 0 aliphatic carbocycles. The van der Waals surface area contributed by atoms with Gasteiger partial charge in [0.05, 0.1) is 26.4 Å². The minimum atomic E-state index is 0.728. The minimum absolute atomic E-state index is 0.728. The van der Waals surface area contributed by atoms with E-state index in [9.17, 15) is 0 Å². The van der Waals surface area contributed by atoms with Crippen LogP contribution in [0.3, 0.4) is 0 Å². The van der Waals surface area contributed by atoms with E-state index in [0.717, 1.165) is 164 Å². The number of fused-ring (bicyclic) bond motifs is 8. The molecule has 4 N–H and O–H groups in total. The summed E-state index contributed by atoms with van der Waals surface area (Å²) in [6.07, 6.45) is 75.2. The Morgan fingerprint density at radius 1 is 0.155 bits per heavy atom. The number of aromatic amines is 4. The van der Waals surface area contributed by atoms with Crippen molar-refractivity contribution in [1.29, 1.82) is 0 Å². The SMILES string of the molecule is CCCCCCCCCCCCCCCCOc1ccc(C2=c3ccc([nH]3)=C(c3ccc(OCCCCCCCCCCCCCCCC)cc3)c3ccc([nH]3)C(c3ccc(OCCCCCCCCCCCCCCCC)cc3)=c3ccc([nH]3)=C(c3ccc(OCCCCCCCCCCCCCCCC)cc3)c3ccc2[nH]3)cc1. The molecule has 9 rings (SSSR count). The molecule has 636 valence electrons. The number of unbranched alkanes of at least 4 members (excludes halogenated alkanes) is 52. The smallest absolute Gasteiger partial charge is 0.119 e. The first-order valence-corrected chi connectivity index (χ1v) is 48.7. The molecule has 0 atom stereocenters. The van der Waals surface area contributed by atoms with Crippen LogP contribution in [0.25, 0.3) is 22.3 Å². The van der Waals surface area contributed by atoms with E-state index in [1.54, 1.807) is 0 Å². The number of benzene rings is 4. The number of H-pyrrole nitrogens is 4. The largest absolute Gasteiger partial charge is 0.494 e. The summed E-state index contributed by atoms with van der Waals surface area (Å²) < 4.78 is 26.0. The number of rotatable bonds is 68. The minimum Gasteiger partial charge on any atom is -0.494 e. The molecule has 1 aliphatic rings. The number of hydrogen-bond donors (Lipinski definition) is 4. The van der Waals surface area contributed by atoms with Crippen molar-refractivity contribution in [1.82, 2.24) is 19.9 Å². The lowest BCUT2D eigenvalue weighted by atomic mass is 10.0. The molecule has 0 saturated carbocycles. The van der Waals surface area contributed by atoms with E-state index in [1.807, 2.05) is 0 Å². The zero-order valence-corrected chi connectivity index (χ0v) is 73.9.